The van der Waals surface area contributed by atoms with Crippen molar-refractivity contribution >= 4 is 27.9 Å². The topological polar surface area (TPSA) is 133 Å². The number of nitrogens with zero attached hydrogens (tertiary/aromatic N) is 2. The number of oxazole rings is 1. The summed E-state index contributed by atoms with van der Waals surface area (Å²) in [7, 11) is -3.83. The molecule has 1 aromatic heterocycles. The molecule has 9 nitrogen and oxygen atoms in total. The maximum atomic E-state index is 11.8. The van der Waals surface area contributed by atoms with Crippen LogP contribution in [0.15, 0.2) is 4.42 Å². The third-order valence-electron chi connectivity index (χ3n) is 3.03. The van der Waals surface area contributed by atoms with Gasteiger partial charge < -0.3 is 9.15 Å². The Hall–Kier alpha value is -1.94. The first-order valence-corrected chi connectivity index (χ1v) is 7.81. The van der Waals surface area contributed by atoms with E-state index in [1.54, 1.807) is 6.92 Å². The van der Waals surface area contributed by atoms with E-state index in [9.17, 15) is 18.0 Å². The Morgan fingerprint density at radius 3 is 2.76 bits per heavy atom. The second-order valence-electron chi connectivity index (χ2n) is 4.55. The van der Waals surface area contributed by atoms with Crippen molar-refractivity contribution < 1.29 is 27.2 Å². The Labute approximate surface area is 121 Å². The molecule has 1 aliphatic heterocycles. The SMILES string of the molecule is CCOC(=O)c1oc(N2CC(S(N)(=O)=O)CC2=O)nc1C. The predicted octanol–water partition coefficient (Wildman–Crippen LogP) is -0.446. The number of aryl methyl sites for hydroxylation is 1. The van der Waals surface area contributed by atoms with Gasteiger partial charge in [-0.15, -0.1) is 0 Å². The average Bonchev–Trinajstić information content (AvgIpc) is 2.92. The van der Waals surface area contributed by atoms with Crippen LogP contribution < -0.4 is 10.0 Å². The lowest BCUT2D eigenvalue weighted by Crippen LogP contribution is -2.32. The number of hydrogen-bond acceptors (Lipinski definition) is 7. The summed E-state index contributed by atoms with van der Waals surface area (Å²) in [5.74, 6) is -1.28. The third-order valence-corrected chi connectivity index (χ3v) is 4.28. The Kier molecular flexibility index (Phi) is 4.01. The van der Waals surface area contributed by atoms with E-state index in [0.717, 1.165) is 4.90 Å². The molecule has 0 spiro atoms. The van der Waals surface area contributed by atoms with Gasteiger partial charge in [0.15, 0.2) is 0 Å². The molecular formula is C11H15N3O6S. The number of aromatic nitrogens is 1. The molecule has 1 aliphatic rings. The van der Waals surface area contributed by atoms with Crippen LogP contribution in [0.3, 0.4) is 0 Å². The van der Waals surface area contributed by atoms with Crippen molar-refractivity contribution in [2.45, 2.75) is 25.5 Å². The van der Waals surface area contributed by atoms with Gasteiger partial charge in [0.25, 0.3) is 0 Å². The first-order chi connectivity index (χ1) is 9.74. The summed E-state index contributed by atoms with van der Waals surface area (Å²) in [5, 5.41) is 4.02. The lowest BCUT2D eigenvalue weighted by Gasteiger charge is -2.10. The number of sulfonamides is 1. The number of carbonyl (C=O) groups is 2. The Morgan fingerprint density at radius 2 is 2.24 bits per heavy atom. The number of carbonyl (C=O) groups excluding carboxylic acids is 2. The summed E-state index contributed by atoms with van der Waals surface area (Å²) in [6.07, 6.45) is -0.241. The minimum absolute atomic E-state index is 0.112. The number of primary sulfonamides is 1. The van der Waals surface area contributed by atoms with Crippen molar-refractivity contribution in [1.29, 1.82) is 0 Å². The van der Waals surface area contributed by atoms with Crippen LogP contribution in [-0.4, -0.2) is 43.7 Å². The van der Waals surface area contributed by atoms with Gasteiger partial charge >= 0.3 is 12.0 Å². The van der Waals surface area contributed by atoms with E-state index >= 15 is 0 Å². The van der Waals surface area contributed by atoms with E-state index < -0.39 is 27.1 Å². The van der Waals surface area contributed by atoms with Crippen LogP contribution in [-0.2, 0) is 19.6 Å². The summed E-state index contributed by atoms with van der Waals surface area (Å²) in [4.78, 5) is 28.5. The summed E-state index contributed by atoms with van der Waals surface area (Å²) in [6.45, 7) is 3.19. The largest absolute Gasteiger partial charge is 0.460 e. The summed E-state index contributed by atoms with van der Waals surface area (Å²) in [5.41, 5.74) is 0.260. The molecule has 1 amide bonds. The number of amides is 1. The number of esters is 1. The molecule has 0 aliphatic carbocycles. The zero-order valence-corrected chi connectivity index (χ0v) is 12.3. The lowest BCUT2D eigenvalue weighted by molar-refractivity contribution is -0.117. The fourth-order valence-electron chi connectivity index (χ4n) is 1.96. The summed E-state index contributed by atoms with van der Waals surface area (Å²) >= 11 is 0. The van der Waals surface area contributed by atoms with Crippen molar-refractivity contribution in [1.82, 2.24) is 4.98 Å². The van der Waals surface area contributed by atoms with Crippen LogP contribution in [0.2, 0.25) is 0 Å². The summed E-state index contributed by atoms with van der Waals surface area (Å²) in [6, 6.07) is -0.133. The lowest BCUT2D eigenvalue weighted by atomic mass is 10.4. The quantitative estimate of drug-likeness (QED) is 0.744. The van der Waals surface area contributed by atoms with Crippen molar-refractivity contribution in [2.75, 3.05) is 18.1 Å². The minimum Gasteiger partial charge on any atom is -0.460 e. The molecule has 1 unspecified atom stereocenters. The number of anilines is 1. The van der Waals surface area contributed by atoms with Crippen molar-refractivity contribution in [3.05, 3.63) is 11.5 Å². The predicted molar refractivity (Wildman–Crippen MR) is 71.1 cm³/mol. The molecule has 2 heterocycles. The van der Waals surface area contributed by atoms with Crippen LogP contribution >= 0.6 is 0 Å². The molecule has 0 radical (unpaired) electrons. The van der Waals surface area contributed by atoms with Gasteiger partial charge in [-0.3, -0.25) is 9.69 Å². The number of ether oxygens (including phenoxy) is 1. The molecular weight excluding hydrogens is 302 g/mol. The molecule has 0 bridgehead atoms. The van der Waals surface area contributed by atoms with Gasteiger partial charge in [0.2, 0.25) is 21.7 Å². The molecule has 1 saturated heterocycles. The van der Waals surface area contributed by atoms with E-state index in [2.05, 4.69) is 4.98 Å². The van der Waals surface area contributed by atoms with Gasteiger partial charge in [-0.1, -0.05) is 0 Å². The molecule has 1 aromatic rings. The smallest absolute Gasteiger partial charge is 0.376 e. The van der Waals surface area contributed by atoms with Crippen LogP contribution in [0.4, 0.5) is 6.01 Å². The molecule has 1 atom stereocenters. The third kappa shape index (κ3) is 3.05. The molecule has 116 valence electrons. The van der Waals surface area contributed by atoms with Crippen LogP contribution in [0.1, 0.15) is 29.6 Å². The second kappa shape index (κ2) is 5.45. The van der Waals surface area contributed by atoms with Gasteiger partial charge in [-0.05, 0) is 13.8 Å². The van der Waals surface area contributed by atoms with E-state index in [1.165, 1.54) is 6.92 Å². The highest BCUT2D eigenvalue weighted by Gasteiger charge is 2.39. The van der Waals surface area contributed by atoms with Crippen LogP contribution in [0, 0.1) is 6.92 Å². The zero-order chi connectivity index (χ0) is 15.8. The molecule has 1 fully saturated rings. The minimum atomic E-state index is -3.83. The average molecular weight is 317 g/mol. The van der Waals surface area contributed by atoms with Crippen molar-refractivity contribution in [3.63, 3.8) is 0 Å². The van der Waals surface area contributed by atoms with Gasteiger partial charge in [-0.2, -0.15) is 4.98 Å². The normalized spacial score (nSPS) is 19.1. The molecule has 2 rings (SSSR count). The summed E-state index contributed by atoms with van der Waals surface area (Å²) < 4.78 is 32.6. The Bertz CT molecular complexity index is 680. The zero-order valence-electron chi connectivity index (χ0n) is 11.5. The maximum absolute atomic E-state index is 11.8. The van der Waals surface area contributed by atoms with Crippen LogP contribution in [0.25, 0.3) is 0 Å². The van der Waals surface area contributed by atoms with E-state index in [1.807, 2.05) is 0 Å². The van der Waals surface area contributed by atoms with E-state index in [0.29, 0.717) is 0 Å². The van der Waals surface area contributed by atoms with Gasteiger partial charge in [-0.25, -0.2) is 18.4 Å². The van der Waals surface area contributed by atoms with Gasteiger partial charge in [0.1, 0.15) is 5.25 Å². The fraction of sp³-hybridized carbons (Fsp3) is 0.545. The Morgan fingerprint density at radius 1 is 1.57 bits per heavy atom. The highest BCUT2D eigenvalue weighted by Crippen LogP contribution is 2.26. The number of hydrogen-bond donors (Lipinski definition) is 1. The molecule has 0 aromatic carbocycles. The monoisotopic (exact) mass is 317 g/mol. The van der Waals surface area contributed by atoms with Gasteiger partial charge in [0.05, 0.1) is 12.3 Å². The second-order valence-corrected chi connectivity index (χ2v) is 6.40. The molecule has 21 heavy (non-hydrogen) atoms. The molecule has 10 heteroatoms. The van der Waals surface area contributed by atoms with Crippen molar-refractivity contribution in [2.24, 2.45) is 5.14 Å². The van der Waals surface area contributed by atoms with Crippen LogP contribution in [0.5, 0.6) is 0 Å². The molecule has 2 N–H and O–H groups in total. The highest BCUT2D eigenvalue weighted by molar-refractivity contribution is 7.89. The maximum Gasteiger partial charge on any atom is 0.376 e. The highest BCUT2D eigenvalue weighted by atomic mass is 32.2. The first-order valence-electron chi connectivity index (χ1n) is 6.20. The number of nitrogens with two attached hydrogens (primary N) is 1. The van der Waals surface area contributed by atoms with Gasteiger partial charge in [0, 0.05) is 13.0 Å². The molecule has 0 saturated carbocycles. The standard InChI is InChI=1S/C11H15N3O6S/c1-3-19-10(16)9-6(2)13-11(20-9)14-5-7(4-8(14)15)21(12,17)18/h7H,3-5H2,1-2H3,(H2,12,17,18). The first kappa shape index (κ1) is 15.4. The van der Waals surface area contributed by atoms with E-state index in [4.69, 9.17) is 14.3 Å². The fourth-order valence-corrected chi connectivity index (χ4v) is 2.70. The van der Waals surface area contributed by atoms with Crippen molar-refractivity contribution in [3.8, 4) is 0 Å². The number of rotatable bonds is 4. The van der Waals surface area contributed by atoms with E-state index in [-0.39, 0.29) is 37.0 Å². The Balaban J connectivity index is 2.26.